The van der Waals surface area contributed by atoms with Gasteiger partial charge in [-0.2, -0.15) is 0 Å². The molecule has 1 atom stereocenters. The highest BCUT2D eigenvalue weighted by Gasteiger charge is 2.17. The van der Waals surface area contributed by atoms with E-state index >= 15 is 0 Å². The van der Waals surface area contributed by atoms with E-state index in [1.807, 2.05) is 6.92 Å². The molecular weight excluding hydrogens is 232 g/mol. The van der Waals surface area contributed by atoms with Crippen LogP contribution in [0.3, 0.4) is 0 Å². The average molecular weight is 262 g/mol. The monoisotopic (exact) mass is 262 g/mol. The van der Waals surface area contributed by atoms with Crippen LogP contribution < -0.4 is 0 Å². The summed E-state index contributed by atoms with van der Waals surface area (Å²) in [6.45, 7) is 5.81. The third kappa shape index (κ3) is 8.64. The third-order valence-electron chi connectivity index (χ3n) is 3.48. The fraction of sp³-hybridized carbons (Fsp3) is 1.00. The van der Waals surface area contributed by atoms with Crippen molar-refractivity contribution < 1.29 is 8.42 Å². The summed E-state index contributed by atoms with van der Waals surface area (Å²) in [6.07, 6.45) is 11.0. The normalized spacial score (nSPS) is 13.8. The van der Waals surface area contributed by atoms with E-state index in [-0.39, 0.29) is 11.0 Å². The van der Waals surface area contributed by atoms with Crippen molar-refractivity contribution in [2.45, 2.75) is 83.8 Å². The van der Waals surface area contributed by atoms with Gasteiger partial charge in [-0.1, -0.05) is 65.2 Å². The van der Waals surface area contributed by atoms with E-state index in [4.69, 9.17) is 0 Å². The lowest BCUT2D eigenvalue weighted by atomic mass is 10.1. The first kappa shape index (κ1) is 16.9. The second kappa shape index (κ2) is 9.93. The highest BCUT2D eigenvalue weighted by Crippen LogP contribution is 2.14. The molecule has 2 nitrogen and oxygen atoms in total. The number of sulfone groups is 1. The van der Waals surface area contributed by atoms with E-state index in [0.29, 0.717) is 0 Å². The molecule has 104 valence electrons. The SMILES string of the molecule is CCCCCCCCCCC(C)S(=O)(=O)CC. The third-order valence-corrected chi connectivity index (χ3v) is 5.75. The smallest absolute Gasteiger partial charge is 0.152 e. The van der Waals surface area contributed by atoms with Crippen LogP contribution in [0.25, 0.3) is 0 Å². The zero-order valence-electron chi connectivity index (χ0n) is 11.9. The summed E-state index contributed by atoms with van der Waals surface area (Å²) in [6, 6.07) is 0. The van der Waals surface area contributed by atoms with Crippen LogP contribution in [-0.2, 0) is 9.84 Å². The van der Waals surface area contributed by atoms with E-state index in [9.17, 15) is 8.42 Å². The van der Waals surface area contributed by atoms with Crippen LogP contribution in [0.4, 0.5) is 0 Å². The molecular formula is C14H30O2S. The Morgan fingerprint density at radius 2 is 1.29 bits per heavy atom. The van der Waals surface area contributed by atoms with Crippen LogP contribution in [0.1, 0.15) is 78.6 Å². The summed E-state index contributed by atoms with van der Waals surface area (Å²) in [5.74, 6) is 0.283. The molecule has 0 saturated heterocycles. The fourth-order valence-electron chi connectivity index (χ4n) is 2.03. The Hall–Kier alpha value is -0.0500. The molecule has 0 N–H and O–H groups in total. The van der Waals surface area contributed by atoms with Gasteiger partial charge in [-0.3, -0.25) is 0 Å². The number of hydrogen-bond donors (Lipinski definition) is 0. The van der Waals surface area contributed by atoms with Gasteiger partial charge in [0.25, 0.3) is 0 Å². The highest BCUT2D eigenvalue weighted by molar-refractivity contribution is 7.91. The maximum atomic E-state index is 11.5. The van der Waals surface area contributed by atoms with Crippen LogP contribution in [-0.4, -0.2) is 19.4 Å². The molecule has 0 aliphatic heterocycles. The Morgan fingerprint density at radius 3 is 1.76 bits per heavy atom. The number of hydrogen-bond acceptors (Lipinski definition) is 2. The molecule has 0 heterocycles. The van der Waals surface area contributed by atoms with Crippen LogP contribution in [0, 0.1) is 0 Å². The average Bonchev–Trinajstić information content (AvgIpc) is 2.32. The Kier molecular flexibility index (Phi) is 9.90. The van der Waals surface area contributed by atoms with Crippen LogP contribution in [0.2, 0.25) is 0 Å². The van der Waals surface area contributed by atoms with Crippen LogP contribution in [0.5, 0.6) is 0 Å². The molecule has 0 aliphatic carbocycles. The largest absolute Gasteiger partial charge is 0.229 e. The molecule has 0 aliphatic rings. The maximum absolute atomic E-state index is 11.5. The van der Waals surface area contributed by atoms with Crippen molar-refractivity contribution in [2.24, 2.45) is 0 Å². The molecule has 0 aromatic rings. The summed E-state index contributed by atoms with van der Waals surface area (Å²) in [5, 5.41) is -0.146. The molecule has 0 bridgehead atoms. The first-order valence-corrected chi connectivity index (χ1v) is 8.97. The molecule has 0 spiro atoms. The lowest BCUT2D eigenvalue weighted by molar-refractivity contribution is 0.547. The maximum Gasteiger partial charge on any atom is 0.152 e. The first-order valence-electron chi connectivity index (χ1n) is 7.26. The Labute approximate surface area is 108 Å². The molecule has 0 rings (SSSR count). The first-order chi connectivity index (χ1) is 8.04. The van der Waals surface area contributed by atoms with Crippen molar-refractivity contribution in [1.82, 2.24) is 0 Å². The Morgan fingerprint density at radius 1 is 0.824 bits per heavy atom. The van der Waals surface area contributed by atoms with E-state index in [2.05, 4.69) is 6.92 Å². The Balaban J connectivity index is 3.40. The summed E-state index contributed by atoms with van der Waals surface area (Å²) < 4.78 is 23.1. The van der Waals surface area contributed by atoms with Crippen molar-refractivity contribution >= 4 is 9.84 Å². The highest BCUT2D eigenvalue weighted by atomic mass is 32.2. The molecule has 1 unspecified atom stereocenters. The number of unbranched alkanes of at least 4 members (excludes halogenated alkanes) is 7. The minimum atomic E-state index is -2.80. The minimum Gasteiger partial charge on any atom is -0.229 e. The lowest BCUT2D eigenvalue weighted by Crippen LogP contribution is -2.19. The second-order valence-corrected chi connectivity index (χ2v) is 7.73. The number of rotatable bonds is 11. The van der Waals surface area contributed by atoms with Crippen molar-refractivity contribution in [3.05, 3.63) is 0 Å². The predicted octanol–water partition coefficient (Wildman–Crippen LogP) is 4.34. The summed E-state index contributed by atoms with van der Waals surface area (Å²) in [5.41, 5.74) is 0. The molecule has 17 heavy (non-hydrogen) atoms. The standard InChI is InChI=1S/C14H30O2S/c1-4-6-7-8-9-10-11-12-13-14(3)17(15,16)5-2/h14H,4-13H2,1-3H3. The molecule has 0 radical (unpaired) electrons. The Bertz CT molecular complexity index is 257. The topological polar surface area (TPSA) is 34.1 Å². The van der Waals surface area contributed by atoms with Gasteiger partial charge in [0.1, 0.15) is 0 Å². The van der Waals surface area contributed by atoms with E-state index < -0.39 is 9.84 Å². The van der Waals surface area contributed by atoms with Crippen molar-refractivity contribution in [3.8, 4) is 0 Å². The van der Waals surface area contributed by atoms with Gasteiger partial charge in [0.15, 0.2) is 9.84 Å². The van der Waals surface area contributed by atoms with E-state index in [1.54, 1.807) is 6.92 Å². The molecule has 0 aromatic heterocycles. The summed E-state index contributed by atoms with van der Waals surface area (Å²) in [7, 11) is -2.80. The fourth-order valence-corrected chi connectivity index (χ4v) is 3.12. The zero-order valence-corrected chi connectivity index (χ0v) is 12.7. The van der Waals surface area contributed by atoms with Crippen LogP contribution >= 0.6 is 0 Å². The van der Waals surface area contributed by atoms with Gasteiger partial charge in [-0.05, 0) is 13.3 Å². The summed E-state index contributed by atoms with van der Waals surface area (Å²) in [4.78, 5) is 0. The van der Waals surface area contributed by atoms with Gasteiger partial charge in [0.05, 0.1) is 5.25 Å². The van der Waals surface area contributed by atoms with Gasteiger partial charge in [-0.25, -0.2) is 8.42 Å². The molecule has 0 aromatic carbocycles. The molecule has 0 saturated carbocycles. The van der Waals surface area contributed by atoms with Gasteiger partial charge in [0, 0.05) is 5.75 Å². The summed E-state index contributed by atoms with van der Waals surface area (Å²) >= 11 is 0. The van der Waals surface area contributed by atoms with Gasteiger partial charge in [0.2, 0.25) is 0 Å². The van der Waals surface area contributed by atoms with Gasteiger partial charge >= 0.3 is 0 Å². The van der Waals surface area contributed by atoms with Crippen LogP contribution in [0.15, 0.2) is 0 Å². The van der Waals surface area contributed by atoms with E-state index in [1.165, 1.54) is 44.9 Å². The zero-order chi connectivity index (χ0) is 13.1. The van der Waals surface area contributed by atoms with Gasteiger partial charge < -0.3 is 0 Å². The van der Waals surface area contributed by atoms with Crippen molar-refractivity contribution in [2.75, 3.05) is 5.75 Å². The lowest BCUT2D eigenvalue weighted by Gasteiger charge is -2.10. The second-order valence-electron chi connectivity index (χ2n) is 5.03. The molecule has 3 heteroatoms. The predicted molar refractivity (Wildman–Crippen MR) is 76.1 cm³/mol. The quantitative estimate of drug-likeness (QED) is 0.519. The van der Waals surface area contributed by atoms with Crippen molar-refractivity contribution in [3.63, 3.8) is 0 Å². The van der Waals surface area contributed by atoms with Gasteiger partial charge in [-0.15, -0.1) is 0 Å². The molecule has 0 fully saturated rings. The van der Waals surface area contributed by atoms with Crippen molar-refractivity contribution in [1.29, 1.82) is 0 Å². The van der Waals surface area contributed by atoms with E-state index in [0.717, 1.165) is 12.8 Å². The molecule has 0 amide bonds. The minimum absolute atomic E-state index is 0.146.